The fourth-order valence-electron chi connectivity index (χ4n) is 2.40. The van der Waals surface area contributed by atoms with Gasteiger partial charge in [-0.3, -0.25) is 0 Å². The third-order valence-corrected chi connectivity index (χ3v) is 3.93. The van der Waals surface area contributed by atoms with Crippen LogP contribution in [-0.4, -0.2) is 32.7 Å². The molecule has 2 nitrogen and oxygen atoms in total. The van der Waals surface area contributed by atoms with Crippen LogP contribution in [0.1, 0.15) is 12.5 Å². The van der Waals surface area contributed by atoms with Crippen LogP contribution in [0.4, 0.5) is 0 Å². The number of benzene rings is 1. The van der Waals surface area contributed by atoms with Gasteiger partial charge in [0.05, 0.1) is 6.54 Å². The van der Waals surface area contributed by atoms with Crippen molar-refractivity contribution in [3.8, 4) is 0 Å². The predicted octanol–water partition coefficient (Wildman–Crippen LogP) is -0.357. The van der Waals surface area contributed by atoms with Crippen molar-refractivity contribution in [2.45, 2.75) is 13.5 Å². The summed E-state index contributed by atoms with van der Waals surface area (Å²) in [6, 6.07) is 8.22. The van der Waals surface area contributed by atoms with E-state index in [1.165, 1.54) is 38.3 Å². The number of halogens is 1. The van der Waals surface area contributed by atoms with Crippen LogP contribution in [0.25, 0.3) is 0 Å². The highest BCUT2D eigenvalue weighted by molar-refractivity contribution is 6.31. The molecule has 0 aliphatic carbocycles. The molecular weight excluding hydrogens is 220 g/mol. The molecule has 1 heterocycles. The Morgan fingerprint density at radius 3 is 2.31 bits per heavy atom. The average Bonchev–Trinajstić information content (AvgIpc) is 2.33. The molecule has 0 saturated carbocycles. The molecule has 2 rings (SSSR count). The first kappa shape index (κ1) is 11.9. The second-order valence-corrected chi connectivity index (χ2v) is 5.03. The molecule has 0 unspecified atom stereocenters. The number of piperazine rings is 1. The summed E-state index contributed by atoms with van der Waals surface area (Å²) in [5, 5.41) is 0.917. The lowest BCUT2D eigenvalue weighted by Gasteiger charge is -2.29. The van der Waals surface area contributed by atoms with E-state index < -0.39 is 0 Å². The van der Waals surface area contributed by atoms with Crippen LogP contribution in [0.2, 0.25) is 5.02 Å². The van der Waals surface area contributed by atoms with Crippen molar-refractivity contribution < 1.29 is 9.80 Å². The van der Waals surface area contributed by atoms with Crippen LogP contribution in [-0.2, 0) is 6.54 Å². The van der Waals surface area contributed by atoms with Gasteiger partial charge in [0.25, 0.3) is 0 Å². The Morgan fingerprint density at radius 2 is 1.69 bits per heavy atom. The van der Waals surface area contributed by atoms with Gasteiger partial charge in [0.2, 0.25) is 0 Å². The van der Waals surface area contributed by atoms with Gasteiger partial charge in [-0.25, -0.2) is 0 Å². The number of hydrogen-bond donors (Lipinski definition) is 2. The van der Waals surface area contributed by atoms with E-state index in [2.05, 4.69) is 19.1 Å². The van der Waals surface area contributed by atoms with E-state index in [0.29, 0.717) is 0 Å². The molecule has 88 valence electrons. The predicted molar refractivity (Wildman–Crippen MR) is 67.1 cm³/mol. The molecule has 2 N–H and O–H groups in total. The van der Waals surface area contributed by atoms with Crippen molar-refractivity contribution in [1.29, 1.82) is 0 Å². The van der Waals surface area contributed by atoms with E-state index in [1.54, 1.807) is 9.80 Å². The normalized spacial score (nSPS) is 25.6. The lowest BCUT2D eigenvalue weighted by atomic mass is 10.2. The molecule has 1 aromatic carbocycles. The molecule has 1 saturated heterocycles. The highest BCUT2D eigenvalue weighted by Gasteiger charge is 2.21. The van der Waals surface area contributed by atoms with E-state index in [4.69, 9.17) is 11.6 Å². The zero-order valence-corrected chi connectivity index (χ0v) is 10.7. The standard InChI is InChI=1S/C13H19ClN2/c1-2-15-7-9-16(10-8-15)11-12-5-3-4-6-13(12)14/h3-6H,2,7-11H2,1H3/p+2. The van der Waals surface area contributed by atoms with Crippen molar-refractivity contribution >= 4 is 11.6 Å². The maximum atomic E-state index is 6.18. The van der Waals surface area contributed by atoms with E-state index >= 15 is 0 Å². The van der Waals surface area contributed by atoms with Gasteiger partial charge in [-0.2, -0.15) is 0 Å². The first-order valence-electron chi connectivity index (χ1n) is 6.20. The van der Waals surface area contributed by atoms with Crippen molar-refractivity contribution in [2.75, 3.05) is 32.7 Å². The minimum atomic E-state index is 0.917. The molecule has 3 heteroatoms. The first-order valence-corrected chi connectivity index (χ1v) is 6.58. The zero-order valence-electron chi connectivity index (χ0n) is 9.93. The summed E-state index contributed by atoms with van der Waals surface area (Å²) >= 11 is 6.18. The Kier molecular flexibility index (Phi) is 4.22. The van der Waals surface area contributed by atoms with Gasteiger partial charge in [-0.1, -0.05) is 29.8 Å². The molecule has 0 atom stereocenters. The second kappa shape index (κ2) is 5.67. The molecule has 0 amide bonds. The average molecular weight is 241 g/mol. The Hall–Kier alpha value is -0.570. The molecule has 0 aromatic heterocycles. The van der Waals surface area contributed by atoms with E-state index in [1.807, 2.05) is 12.1 Å². The number of likely N-dealkylation sites (N-methyl/N-ethyl adjacent to an activating group) is 1. The van der Waals surface area contributed by atoms with Crippen LogP contribution in [0.3, 0.4) is 0 Å². The van der Waals surface area contributed by atoms with Gasteiger partial charge >= 0.3 is 0 Å². The molecule has 1 aliphatic rings. The van der Waals surface area contributed by atoms with Gasteiger partial charge in [0, 0.05) is 10.6 Å². The summed E-state index contributed by atoms with van der Waals surface area (Å²) in [5.41, 5.74) is 1.29. The van der Waals surface area contributed by atoms with Gasteiger partial charge < -0.3 is 9.80 Å². The van der Waals surface area contributed by atoms with E-state index in [9.17, 15) is 0 Å². The maximum absolute atomic E-state index is 6.18. The minimum Gasteiger partial charge on any atom is -0.326 e. The minimum absolute atomic E-state index is 0.917. The van der Waals surface area contributed by atoms with Gasteiger partial charge in [-0.15, -0.1) is 0 Å². The number of nitrogens with one attached hydrogen (secondary N) is 2. The lowest BCUT2D eigenvalue weighted by molar-refractivity contribution is -1.02. The summed E-state index contributed by atoms with van der Waals surface area (Å²) in [5.74, 6) is 0. The molecule has 1 aliphatic heterocycles. The van der Waals surface area contributed by atoms with Gasteiger partial charge in [-0.05, 0) is 13.0 Å². The topological polar surface area (TPSA) is 8.88 Å². The SMILES string of the molecule is CC[NH+]1CC[NH+](Cc2ccccc2Cl)CC1. The second-order valence-electron chi connectivity index (χ2n) is 4.62. The Bertz CT molecular complexity index is 332. The molecule has 16 heavy (non-hydrogen) atoms. The van der Waals surface area contributed by atoms with Crippen LogP contribution >= 0.6 is 11.6 Å². The fourth-order valence-corrected chi connectivity index (χ4v) is 2.60. The van der Waals surface area contributed by atoms with Crippen LogP contribution in [0.15, 0.2) is 24.3 Å². The molecule has 0 radical (unpaired) electrons. The fraction of sp³-hybridized carbons (Fsp3) is 0.538. The quantitative estimate of drug-likeness (QED) is 0.715. The first-order chi connectivity index (χ1) is 7.79. The Labute approximate surface area is 103 Å². The van der Waals surface area contributed by atoms with Crippen molar-refractivity contribution in [2.24, 2.45) is 0 Å². The molecule has 1 fully saturated rings. The zero-order chi connectivity index (χ0) is 11.4. The lowest BCUT2D eigenvalue weighted by Crippen LogP contribution is -3.27. The van der Waals surface area contributed by atoms with Crippen molar-refractivity contribution in [3.63, 3.8) is 0 Å². The summed E-state index contributed by atoms with van der Waals surface area (Å²) in [6.07, 6.45) is 0. The van der Waals surface area contributed by atoms with Crippen LogP contribution < -0.4 is 9.80 Å². The Balaban J connectivity index is 1.89. The monoisotopic (exact) mass is 240 g/mol. The number of quaternary nitrogens is 2. The van der Waals surface area contributed by atoms with E-state index in [-0.39, 0.29) is 0 Å². The van der Waals surface area contributed by atoms with Crippen LogP contribution in [0, 0.1) is 0 Å². The molecule has 0 bridgehead atoms. The van der Waals surface area contributed by atoms with Crippen molar-refractivity contribution in [3.05, 3.63) is 34.9 Å². The summed E-state index contributed by atoms with van der Waals surface area (Å²) in [7, 11) is 0. The maximum Gasteiger partial charge on any atom is 0.127 e. The molecule has 1 aromatic rings. The van der Waals surface area contributed by atoms with Gasteiger partial charge in [0.1, 0.15) is 32.7 Å². The number of hydrogen-bond acceptors (Lipinski definition) is 0. The summed E-state index contributed by atoms with van der Waals surface area (Å²) in [6.45, 7) is 9.76. The highest BCUT2D eigenvalue weighted by atomic mass is 35.5. The van der Waals surface area contributed by atoms with Gasteiger partial charge in [0.15, 0.2) is 0 Å². The third kappa shape index (κ3) is 2.97. The smallest absolute Gasteiger partial charge is 0.127 e. The summed E-state index contributed by atoms with van der Waals surface area (Å²) < 4.78 is 0. The largest absolute Gasteiger partial charge is 0.326 e. The molecule has 0 spiro atoms. The van der Waals surface area contributed by atoms with E-state index in [0.717, 1.165) is 11.6 Å². The summed E-state index contributed by atoms with van der Waals surface area (Å²) in [4.78, 5) is 3.41. The highest BCUT2D eigenvalue weighted by Crippen LogP contribution is 2.13. The Morgan fingerprint density at radius 1 is 1.06 bits per heavy atom. The van der Waals surface area contributed by atoms with Crippen LogP contribution in [0.5, 0.6) is 0 Å². The molecular formula is C13H21ClN2+2. The number of rotatable bonds is 3. The van der Waals surface area contributed by atoms with Crippen molar-refractivity contribution in [1.82, 2.24) is 0 Å². The third-order valence-electron chi connectivity index (χ3n) is 3.56.